The first kappa shape index (κ1) is 20.0. The number of nitrogens with zero attached hydrogens (tertiary/aromatic N) is 4. The second-order valence-electron chi connectivity index (χ2n) is 8.26. The van der Waals surface area contributed by atoms with Crippen molar-refractivity contribution in [3.8, 4) is 0 Å². The fraction of sp³-hybridized carbons (Fsp3) is 0.737. The third-order valence-corrected chi connectivity index (χ3v) is 6.22. The summed E-state index contributed by atoms with van der Waals surface area (Å²) in [7, 11) is 0. The third kappa shape index (κ3) is 3.57. The van der Waals surface area contributed by atoms with E-state index in [1.807, 2.05) is 6.92 Å². The molecule has 0 saturated carbocycles. The van der Waals surface area contributed by atoms with Crippen molar-refractivity contribution in [2.75, 3.05) is 25.0 Å². The minimum absolute atomic E-state index is 0.0229. The van der Waals surface area contributed by atoms with Crippen LogP contribution in [0, 0.1) is 5.92 Å². The highest BCUT2D eigenvalue weighted by molar-refractivity contribution is 5.89. The van der Waals surface area contributed by atoms with E-state index < -0.39 is 12.2 Å². The fourth-order valence-electron chi connectivity index (χ4n) is 4.76. The van der Waals surface area contributed by atoms with Crippen molar-refractivity contribution in [1.82, 2.24) is 19.6 Å². The second-order valence-corrected chi connectivity index (χ2v) is 8.26. The molecular weight excluding hydrogens is 387 g/mol. The number of aromatic nitrogens is 2. The van der Waals surface area contributed by atoms with Gasteiger partial charge in [0, 0.05) is 38.2 Å². The first-order chi connectivity index (χ1) is 13.7. The molecule has 0 spiro atoms. The van der Waals surface area contributed by atoms with Crippen LogP contribution in [0.4, 0.5) is 19.0 Å². The van der Waals surface area contributed by atoms with Gasteiger partial charge >= 0.3 is 6.18 Å². The van der Waals surface area contributed by atoms with Gasteiger partial charge in [-0.25, -0.2) is 4.68 Å². The Labute approximate surface area is 167 Å². The lowest BCUT2D eigenvalue weighted by Crippen LogP contribution is -2.38. The number of halogens is 3. The Hall–Kier alpha value is -2.26. The normalized spacial score (nSPS) is 29.9. The second kappa shape index (κ2) is 7.21. The SMILES string of the molecule is CCN1C[C@@H](C(=O)N2CCC[C@H]2c2cc3n(n2)[C@@H](C(F)(F)F)C[C@@H](C)N3)CC1=O. The molecule has 4 heterocycles. The standard InChI is InChI=1S/C19H26F3N5O2/c1-3-25-10-12(8-17(25)28)18(29)26-6-4-5-14(26)13-9-16-23-11(2)7-15(19(20,21)22)27(16)24-13/h9,11-12,14-15,23H,3-8,10H2,1-2H3/t11-,12+,14+,15-/m1/s1. The molecule has 2 saturated heterocycles. The predicted molar refractivity (Wildman–Crippen MR) is 99.1 cm³/mol. The number of carbonyl (C=O) groups is 2. The van der Waals surface area contributed by atoms with Crippen LogP contribution >= 0.6 is 0 Å². The number of hydrogen-bond donors (Lipinski definition) is 1. The Morgan fingerprint density at radius 1 is 1.38 bits per heavy atom. The predicted octanol–water partition coefficient (Wildman–Crippen LogP) is 2.72. The molecular formula is C19H26F3N5O2. The van der Waals surface area contributed by atoms with Crippen molar-refractivity contribution in [2.45, 2.75) is 63.8 Å². The number of amides is 2. The average molecular weight is 413 g/mol. The molecule has 10 heteroatoms. The maximum Gasteiger partial charge on any atom is 0.410 e. The number of alkyl halides is 3. The minimum atomic E-state index is -4.38. The summed E-state index contributed by atoms with van der Waals surface area (Å²) in [5.41, 5.74) is 0.485. The van der Waals surface area contributed by atoms with Gasteiger partial charge < -0.3 is 15.1 Å². The molecule has 4 rings (SSSR count). The van der Waals surface area contributed by atoms with Gasteiger partial charge in [0.25, 0.3) is 0 Å². The zero-order valence-corrected chi connectivity index (χ0v) is 16.6. The molecule has 1 aromatic heterocycles. The Morgan fingerprint density at radius 3 is 2.79 bits per heavy atom. The van der Waals surface area contributed by atoms with Crippen molar-refractivity contribution in [1.29, 1.82) is 0 Å². The molecule has 2 amide bonds. The van der Waals surface area contributed by atoms with Crippen LogP contribution in [0.25, 0.3) is 0 Å². The summed E-state index contributed by atoms with van der Waals surface area (Å²) in [4.78, 5) is 28.5. The molecule has 7 nitrogen and oxygen atoms in total. The molecule has 2 fully saturated rings. The van der Waals surface area contributed by atoms with E-state index in [0.29, 0.717) is 37.6 Å². The molecule has 0 aliphatic carbocycles. The van der Waals surface area contributed by atoms with Crippen LogP contribution < -0.4 is 5.32 Å². The van der Waals surface area contributed by atoms with E-state index in [2.05, 4.69) is 10.4 Å². The Kier molecular flexibility index (Phi) is 4.98. The number of fused-ring (bicyclic) bond motifs is 1. The summed E-state index contributed by atoms with van der Waals surface area (Å²) in [5.74, 6) is -0.170. The van der Waals surface area contributed by atoms with E-state index in [0.717, 1.165) is 11.1 Å². The lowest BCUT2D eigenvalue weighted by atomic mass is 10.0. The molecule has 0 radical (unpaired) electrons. The first-order valence-electron chi connectivity index (χ1n) is 10.2. The smallest absolute Gasteiger partial charge is 0.368 e. The van der Waals surface area contributed by atoms with Crippen LogP contribution in [-0.2, 0) is 9.59 Å². The molecule has 3 aliphatic rings. The number of rotatable bonds is 3. The number of carbonyl (C=O) groups excluding carboxylic acids is 2. The summed E-state index contributed by atoms with van der Waals surface area (Å²) in [6.45, 7) is 5.12. The number of hydrogen-bond acceptors (Lipinski definition) is 4. The Morgan fingerprint density at radius 2 is 2.14 bits per heavy atom. The number of anilines is 1. The van der Waals surface area contributed by atoms with Gasteiger partial charge in [0.05, 0.1) is 17.7 Å². The zero-order valence-electron chi connectivity index (χ0n) is 16.6. The Balaban J connectivity index is 1.57. The van der Waals surface area contributed by atoms with E-state index in [1.165, 1.54) is 0 Å². The van der Waals surface area contributed by atoms with E-state index in [-0.39, 0.29) is 42.7 Å². The van der Waals surface area contributed by atoms with Gasteiger partial charge in [0.1, 0.15) is 5.82 Å². The molecule has 1 N–H and O–H groups in total. The summed E-state index contributed by atoms with van der Waals surface area (Å²) < 4.78 is 41.5. The van der Waals surface area contributed by atoms with Gasteiger partial charge in [-0.05, 0) is 33.1 Å². The summed E-state index contributed by atoms with van der Waals surface area (Å²) in [6, 6.07) is -0.691. The number of likely N-dealkylation sites (tertiary alicyclic amines) is 2. The van der Waals surface area contributed by atoms with Crippen molar-refractivity contribution >= 4 is 17.6 Å². The fourth-order valence-corrected chi connectivity index (χ4v) is 4.76. The van der Waals surface area contributed by atoms with Gasteiger partial charge in [0.15, 0.2) is 6.04 Å². The van der Waals surface area contributed by atoms with Crippen molar-refractivity contribution in [3.63, 3.8) is 0 Å². The Bertz CT molecular complexity index is 808. The minimum Gasteiger partial charge on any atom is -0.368 e. The summed E-state index contributed by atoms with van der Waals surface area (Å²) in [6.07, 6.45) is -2.84. The summed E-state index contributed by atoms with van der Waals surface area (Å²) >= 11 is 0. The van der Waals surface area contributed by atoms with Crippen LogP contribution in [0.1, 0.15) is 57.3 Å². The topological polar surface area (TPSA) is 70.5 Å². The van der Waals surface area contributed by atoms with Gasteiger partial charge in [-0.2, -0.15) is 18.3 Å². The van der Waals surface area contributed by atoms with Gasteiger partial charge in [-0.1, -0.05) is 0 Å². The molecule has 0 unspecified atom stereocenters. The molecule has 0 aromatic carbocycles. The highest BCUT2D eigenvalue weighted by Gasteiger charge is 2.46. The average Bonchev–Trinajstić information content (AvgIpc) is 3.36. The van der Waals surface area contributed by atoms with Gasteiger partial charge in [-0.15, -0.1) is 0 Å². The maximum atomic E-state index is 13.5. The summed E-state index contributed by atoms with van der Waals surface area (Å²) in [5, 5.41) is 7.35. The highest BCUT2D eigenvalue weighted by atomic mass is 19.4. The first-order valence-corrected chi connectivity index (χ1v) is 10.2. The van der Waals surface area contributed by atoms with Crippen LogP contribution in [0.5, 0.6) is 0 Å². The van der Waals surface area contributed by atoms with Crippen LogP contribution in [0.2, 0.25) is 0 Å². The quantitative estimate of drug-likeness (QED) is 0.827. The molecule has 3 aliphatic heterocycles. The monoisotopic (exact) mass is 413 g/mol. The molecule has 4 atom stereocenters. The van der Waals surface area contributed by atoms with Crippen molar-refractivity contribution in [2.24, 2.45) is 5.92 Å². The van der Waals surface area contributed by atoms with E-state index in [4.69, 9.17) is 0 Å². The lowest BCUT2D eigenvalue weighted by molar-refractivity contribution is -0.173. The van der Waals surface area contributed by atoms with Crippen LogP contribution in [0.3, 0.4) is 0 Å². The van der Waals surface area contributed by atoms with E-state index >= 15 is 0 Å². The lowest BCUT2D eigenvalue weighted by Gasteiger charge is -2.31. The zero-order chi connectivity index (χ0) is 20.9. The highest BCUT2D eigenvalue weighted by Crippen LogP contribution is 2.42. The molecule has 0 bridgehead atoms. The number of nitrogens with one attached hydrogen (secondary N) is 1. The van der Waals surface area contributed by atoms with E-state index in [9.17, 15) is 22.8 Å². The molecule has 160 valence electrons. The largest absolute Gasteiger partial charge is 0.410 e. The maximum absolute atomic E-state index is 13.5. The van der Waals surface area contributed by atoms with Crippen LogP contribution in [-0.4, -0.2) is 63.2 Å². The van der Waals surface area contributed by atoms with E-state index in [1.54, 1.807) is 22.8 Å². The molecule has 29 heavy (non-hydrogen) atoms. The van der Waals surface area contributed by atoms with Gasteiger partial charge in [-0.3, -0.25) is 9.59 Å². The van der Waals surface area contributed by atoms with Gasteiger partial charge in [0.2, 0.25) is 11.8 Å². The van der Waals surface area contributed by atoms with Crippen molar-refractivity contribution < 1.29 is 22.8 Å². The molecule has 1 aromatic rings. The van der Waals surface area contributed by atoms with Crippen molar-refractivity contribution in [3.05, 3.63) is 11.8 Å². The van der Waals surface area contributed by atoms with Crippen LogP contribution in [0.15, 0.2) is 6.07 Å². The third-order valence-electron chi connectivity index (χ3n) is 6.22.